The lowest BCUT2D eigenvalue weighted by molar-refractivity contribution is -0.129. The van der Waals surface area contributed by atoms with Crippen molar-refractivity contribution in [1.29, 1.82) is 0 Å². The zero-order valence-corrected chi connectivity index (χ0v) is 16.1. The SMILES string of the molecule is Cc1ccc(N2CCC(Nc3cc(N4CCN(C)C(=O)C4)ncn3)C2=O)cc1. The molecule has 2 aromatic rings. The van der Waals surface area contributed by atoms with Crippen LogP contribution in [0.15, 0.2) is 36.7 Å². The number of aryl methyl sites for hydroxylation is 1. The summed E-state index contributed by atoms with van der Waals surface area (Å²) in [7, 11) is 1.80. The normalized spacial score (nSPS) is 20.1. The summed E-state index contributed by atoms with van der Waals surface area (Å²) in [5, 5.41) is 3.24. The molecule has 1 unspecified atom stereocenters. The van der Waals surface area contributed by atoms with Crippen LogP contribution in [0.5, 0.6) is 0 Å². The van der Waals surface area contributed by atoms with Crippen molar-refractivity contribution in [3.8, 4) is 0 Å². The number of nitrogens with zero attached hydrogens (tertiary/aromatic N) is 5. The summed E-state index contributed by atoms with van der Waals surface area (Å²) in [6.07, 6.45) is 2.18. The lowest BCUT2D eigenvalue weighted by Crippen LogP contribution is -2.48. The van der Waals surface area contributed by atoms with Gasteiger partial charge in [-0.2, -0.15) is 0 Å². The van der Waals surface area contributed by atoms with Gasteiger partial charge in [0.25, 0.3) is 0 Å². The van der Waals surface area contributed by atoms with Crippen molar-refractivity contribution >= 4 is 29.1 Å². The second-order valence-electron chi connectivity index (χ2n) is 7.31. The Labute approximate surface area is 164 Å². The summed E-state index contributed by atoms with van der Waals surface area (Å²) < 4.78 is 0. The maximum Gasteiger partial charge on any atom is 0.249 e. The molecule has 1 aromatic heterocycles. The van der Waals surface area contributed by atoms with E-state index in [0.29, 0.717) is 37.7 Å². The number of nitrogens with one attached hydrogen (secondary N) is 1. The number of hydrogen-bond acceptors (Lipinski definition) is 6. The van der Waals surface area contributed by atoms with Gasteiger partial charge in [0.15, 0.2) is 0 Å². The topological polar surface area (TPSA) is 81.7 Å². The number of benzene rings is 1. The molecule has 4 rings (SSSR count). The molecule has 2 fully saturated rings. The van der Waals surface area contributed by atoms with Crippen molar-refractivity contribution in [3.05, 3.63) is 42.2 Å². The lowest BCUT2D eigenvalue weighted by Gasteiger charge is -2.32. The average molecular weight is 380 g/mol. The molecule has 1 aromatic carbocycles. The number of rotatable bonds is 4. The van der Waals surface area contributed by atoms with Gasteiger partial charge in [0.2, 0.25) is 11.8 Å². The largest absolute Gasteiger partial charge is 0.358 e. The van der Waals surface area contributed by atoms with E-state index in [0.717, 1.165) is 12.2 Å². The van der Waals surface area contributed by atoms with Crippen LogP contribution in [-0.2, 0) is 9.59 Å². The predicted octanol–water partition coefficient (Wildman–Crippen LogP) is 1.28. The first kappa shape index (κ1) is 18.2. The van der Waals surface area contributed by atoms with Crippen LogP contribution in [0.3, 0.4) is 0 Å². The van der Waals surface area contributed by atoms with Crippen LogP contribution in [0.2, 0.25) is 0 Å². The molecule has 2 aliphatic heterocycles. The molecule has 0 saturated carbocycles. The quantitative estimate of drug-likeness (QED) is 0.861. The van der Waals surface area contributed by atoms with E-state index in [-0.39, 0.29) is 17.9 Å². The van der Waals surface area contributed by atoms with Gasteiger partial charge in [0.1, 0.15) is 24.0 Å². The monoisotopic (exact) mass is 380 g/mol. The van der Waals surface area contributed by atoms with Gasteiger partial charge in [0.05, 0.1) is 6.54 Å². The van der Waals surface area contributed by atoms with Crippen molar-refractivity contribution in [2.75, 3.05) is 48.3 Å². The highest BCUT2D eigenvalue weighted by Crippen LogP contribution is 2.24. The molecule has 1 N–H and O–H groups in total. The van der Waals surface area contributed by atoms with Crippen LogP contribution in [0, 0.1) is 6.92 Å². The van der Waals surface area contributed by atoms with Gasteiger partial charge in [-0.3, -0.25) is 9.59 Å². The number of amides is 2. The van der Waals surface area contributed by atoms with Gasteiger partial charge in [-0.15, -0.1) is 0 Å². The summed E-state index contributed by atoms with van der Waals surface area (Å²) in [6.45, 7) is 4.39. The Morgan fingerprint density at radius 1 is 1.07 bits per heavy atom. The minimum Gasteiger partial charge on any atom is -0.358 e. The summed E-state index contributed by atoms with van der Waals surface area (Å²) in [5.41, 5.74) is 2.08. The van der Waals surface area contributed by atoms with Crippen LogP contribution in [0.1, 0.15) is 12.0 Å². The third-order valence-electron chi connectivity index (χ3n) is 5.31. The maximum absolute atomic E-state index is 12.8. The number of likely N-dealkylation sites (N-methyl/N-ethyl adjacent to an activating group) is 1. The van der Waals surface area contributed by atoms with E-state index in [9.17, 15) is 9.59 Å². The van der Waals surface area contributed by atoms with Crippen LogP contribution in [0.25, 0.3) is 0 Å². The molecule has 0 aliphatic carbocycles. The van der Waals surface area contributed by atoms with Gasteiger partial charge in [0, 0.05) is 38.4 Å². The highest BCUT2D eigenvalue weighted by molar-refractivity contribution is 6.01. The molecule has 8 heteroatoms. The van der Waals surface area contributed by atoms with Crippen molar-refractivity contribution in [2.24, 2.45) is 0 Å². The zero-order chi connectivity index (χ0) is 19.7. The first-order valence-electron chi connectivity index (χ1n) is 9.47. The Balaban J connectivity index is 1.44. The van der Waals surface area contributed by atoms with Gasteiger partial charge in [-0.05, 0) is 25.5 Å². The van der Waals surface area contributed by atoms with E-state index >= 15 is 0 Å². The summed E-state index contributed by atoms with van der Waals surface area (Å²) in [5.74, 6) is 1.40. The van der Waals surface area contributed by atoms with Gasteiger partial charge in [-0.25, -0.2) is 9.97 Å². The smallest absolute Gasteiger partial charge is 0.249 e. The van der Waals surface area contributed by atoms with Crippen LogP contribution in [-0.4, -0.2) is 66.0 Å². The van der Waals surface area contributed by atoms with E-state index in [4.69, 9.17) is 0 Å². The number of piperazine rings is 1. The van der Waals surface area contributed by atoms with Gasteiger partial charge >= 0.3 is 0 Å². The third kappa shape index (κ3) is 3.62. The van der Waals surface area contributed by atoms with E-state index < -0.39 is 0 Å². The predicted molar refractivity (Wildman–Crippen MR) is 107 cm³/mol. The second-order valence-corrected chi connectivity index (χ2v) is 7.31. The minimum atomic E-state index is -0.321. The van der Waals surface area contributed by atoms with Crippen molar-refractivity contribution < 1.29 is 9.59 Å². The fourth-order valence-electron chi connectivity index (χ4n) is 3.53. The third-order valence-corrected chi connectivity index (χ3v) is 5.31. The Bertz CT molecular complexity index is 885. The molecule has 1 atom stereocenters. The highest BCUT2D eigenvalue weighted by Gasteiger charge is 2.33. The van der Waals surface area contributed by atoms with E-state index in [1.54, 1.807) is 22.9 Å². The summed E-state index contributed by atoms with van der Waals surface area (Å²) >= 11 is 0. The zero-order valence-electron chi connectivity index (χ0n) is 16.1. The van der Waals surface area contributed by atoms with Crippen LogP contribution < -0.4 is 15.1 Å². The number of anilines is 3. The Morgan fingerprint density at radius 2 is 1.86 bits per heavy atom. The minimum absolute atomic E-state index is 0.0405. The number of carbonyl (C=O) groups excluding carboxylic acids is 2. The molecule has 146 valence electrons. The molecular weight excluding hydrogens is 356 g/mol. The second kappa shape index (κ2) is 7.46. The molecule has 3 heterocycles. The lowest BCUT2D eigenvalue weighted by atomic mass is 10.2. The van der Waals surface area contributed by atoms with Crippen molar-refractivity contribution in [1.82, 2.24) is 14.9 Å². The summed E-state index contributed by atoms with van der Waals surface area (Å²) in [4.78, 5) is 38.8. The van der Waals surface area contributed by atoms with Crippen molar-refractivity contribution in [2.45, 2.75) is 19.4 Å². The Hall–Kier alpha value is -3.16. The fraction of sp³-hybridized carbons (Fsp3) is 0.400. The Morgan fingerprint density at radius 3 is 2.61 bits per heavy atom. The van der Waals surface area contributed by atoms with E-state index in [1.807, 2.05) is 36.1 Å². The van der Waals surface area contributed by atoms with E-state index in [1.165, 1.54) is 11.9 Å². The number of carbonyl (C=O) groups is 2. The van der Waals surface area contributed by atoms with Crippen LogP contribution in [0.4, 0.5) is 17.3 Å². The Kier molecular flexibility index (Phi) is 4.85. The molecule has 0 bridgehead atoms. The number of aromatic nitrogens is 2. The fourth-order valence-corrected chi connectivity index (χ4v) is 3.53. The molecule has 0 radical (unpaired) electrons. The summed E-state index contributed by atoms with van der Waals surface area (Å²) in [6, 6.07) is 9.46. The maximum atomic E-state index is 12.8. The molecular formula is C20H24N6O2. The highest BCUT2D eigenvalue weighted by atomic mass is 16.2. The van der Waals surface area contributed by atoms with Crippen molar-refractivity contribution in [3.63, 3.8) is 0 Å². The first-order chi connectivity index (χ1) is 13.5. The first-order valence-corrected chi connectivity index (χ1v) is 9.47. The molecule has 28 heavy (non-hydrogen) atoms. The van der Waals surface area contributed by atoms with Gasteiger partial charge < -0.3 is 20.0 Å². The molecule has 2 amide bonds. The average Bonchev–Trinajstić information content (AvgIpc) is 3.05. The molecule has 8 nitrogen and oxygen atoms in total. The number of hydrogen-bond donors (Lipinski definition) is 1. The molecule has 2 aliphatic rings. The van der Waals surface area contributed by atoms with Crippen LogP contribution >= 0.6 is 0 Å². The standard InChI is InChI=1S/C20H24N6O2/c1-14-3-5-15(6-4-14)26-8-7-16(20(26)28)23-17-11-18(22-13-21-17)25-10-9-24(2)19(27)12-25/h3-6,11,13,16H,7-10,12H2,1-2H3,(H,21,22,23). The van der Waals surface area contributed by atoms with E-state index in [2.05, 4.69) is 15.3 Å². The van der Waals surface area contributed by atoms with Gasteiger partial charge in [-0.1, -0.05) is 17.7 Å². The molecule has 0 spiro atoms. The molecule has 2 saturated heterocycles.